The van der Waals surface area contributed by atoms with Gasteiger partial charge < -0.3 is 0 Å². The molecule has 0 aromatic heterocycles. The Morgan fingerprint density at radius 1 is 1.00 bits per heavy atom. The summed E-state index contributed by atoms with van der Waals surface area (Å²) in [6.45, 7) is 6.38. The highest BCUT2D eigenvalue weighted by molar-refractivity contribution is 5.26. The Labute approximate surface area is 83.1 Å². The highest BCUT2D eigenvalue weighted by atomic mass is 13.9. The first-order chi connectivity index (χ1) is 6.27. The van der Waals surface area contributed by atoms with Crippen molar-refractivity contribution in [1.82, 2.24) is 0 Å². The normalized spacial score (nSPS) is 8.62. The van der Waals surface area contributed by atoms with Crippen LogP contribution in [-0.2, 0) is 0 Å². The Hall–Kier alpha value is -0.880. The molecule has 0 aromatic rings. The van der Waals surface area contributed by atoms with Crippen LogP contribution in [0.4, 0.5) is 0 Å². The van der Waals surface area contributed by atoms with Gasteiger partial charge in [0.05, 0.1) is 0 Å². The van der Waals surface area contributed by atoms with Crippen molar-refractivity contribution in [3.05, 3.63) is 0 Å². The lowest BCUT2D eigenvalue weighted by Gasteiger charge is -1.91. The van der Waals surface area contributed by atoms with Gasteiger partial charge in [0.25, 0.3) is 0 Å². The molecule has 0 heteroatoms. The Balaban J connectivity index is 3.37. The minimum Gasteiger partial charge on any atom is -0.0891 e. The average molecular weight is 176 g/mol. The second-order valence-electron chi connectivity index (χ2n) is 3.54. The van der Waals surface area contributed by atoms with Gasteiger partial charge in [0.1, 0.15) is 0 Å². The summed E-state index contributed by atoms with van der Waals surface area (Å²) < 4.78 is 0. The summed E-state index contributed by atoms with van der Waals surface area (Å²) in [5, 5.41) is 0. The summed E-state index contributed by atoms with van der Waals surface area (Å²) in [7, 11) is 0. The molecule has 0 bridgehead atoms. The van der Waals surface area contributed by atoms with Gasteiger partial charge in [0.2, 0.25) is 0 Å². The van der Waals surface area contributed by atoms with Crippen LogP contribution < -0.4 is 0 Å². The summed E-state index contributed by atoms with van der Waals surface area (Å²) in [5.41, 5.74) is 0. The first-order valence-electron chi connectivity index (χ1n) is 5.25. The molecule has 0 rings (SSSR count). The highest BCUT2D eigenvalue weighted by Gasteiger charge is 1.83. The summed E-state index contributed by atoms with van der Waals surface area (Å²) >= 11 is 0. The Morgan fingerprint density at radius 3 is 2.38 bits per heavy atom. The molecule has 0 aromatic carbocycles. The smallest absolute Gasteiger partial charge is 0.0156 e. The molecular weight excluding hydrogens is 156 g/mol. The molecule has 0 spiro atoms. The Bertz CT molecular complexity index is 214. The van der Waals surface area contributed by atoms with Gasteiger partial charge in [-0.2, -0.15) is 0 Å². The molecule has 0 heterocycles. The quantitative estimate of drug-likeness (QED) is 0.453. The van der Waals surface area contributed by atoms with E-state index in [1.54, 1.807) is 0 Å². The van der Waals surface area contributed by atoms with Gasteiger partial charge in [-0.1, -0.05) is 51.9 Å². The standard InChI is InChI=1S/C13H20/c1-4-5-6-7-8-9-10-11-12-13(2)3/h13H,4-8H2,1-3H3. The molecule has 0 radical (unpaired) electrons. The summed E-state index contributed by atoms with van der Waals surface area (Å²) in [6, 6.07) is 0. The molecule has 0 aliphatic carbocycles. The molecule has 13 heavy (non-hydrogen) atoms. The molecule has 0 unspecified atom stereocenters. The Morgan fingerprint density at radius 2 is 1.77 bits per heavy atom. The highest BCUT2D eigenvalue weighted by Crippen LogP contribution is 2.00. The van der Waals surface area contributed by atoms with Crippen molar-refractivity contribution in [2.75, 3.05) is 0 Å². The third-order valence-corrected chi connectivity index (χ3v) is 1.67. The molecule has 0 saturated heterocycles. The van der Waals surface area contributed by atoms with Crippen LogP contribution in [0, 0.1) is 29.6 Å². The largest absolute Gasteiger partial charge is 0.0891 e. The van der Waals surface area contributed by atoms with E-state index in [9.17, 15) is 0 Å². The fourth-order valence-corrected chi connectivity index (χ4v) is 0.927. The van der Waals surface area contributed by atoms with Crippen molar-refractivity contribution in [3.8, 4) is 23.7 Å². The van der Waals surface area contributed by atoms with Crippen LogP contribution in [-0.4, -0.2) is 0 Å². The van der Waals surface area contributed by atoms with Gasteiger partial charge in [-0.05, 0) is 18.3 Å². The zero-order valence-electron chi connectivity index (χ0n) is 9.11. The predicted molar refractivity (Wildman–Crippen MR) is 59.1 cm³/mol. The van der Waals surface area contributed by atoms with Crippen LogP contribution in [0.15, 0.2) is 0 Å². The molecule has 0 nitrogen and oxygen atoms in total. The molecule has 0 atom stereocenters. The molecular formula is C13H20. The maximum absolute atomic E-state index is 3.08. The minimum absolute atomic E-state index is 0.439. The average Bonchev–Trinajstić information content (AvgIpc) is 2.09. The second-order valence-corrected chi connectivity index (χ2v) is 3.54. The van der Waals surface area contributed by atoms with Gasteiger partial charge in [0, 0.05) is 12.3 Å². The lowest BCUT2D eigenvalue weighted by atomic mass is 10.1. The van der Waals surface area contributed by atoms with Crippen molar-refractivity contribution >= 4 is 0 Å². The predicted octanol–water partition coefficient (Wildman–Crippen LogP) is 3.62. The SMILES string of the molecule is CCCCCCC#CC#CC(C)C. The van der Waals surface area contributed by atoms with Crippen molar-refractivity contribution in [2.45, 2.75) is 52.9 Å². The van der Waals surface area contributed by atoms with Gasteiger partial charge in [-0.25, -0.2) is 0 Å². The first kappa shape index (κ1) is 12.1. The topological polar surface area (TPSA) is 0 Å². The van der Waals surface area contributed by atoms with E-state index < -0.39 is 0 Å². The van der Waals surface area contributed by atoms with Gasteiger partial charge in [-0.3, -0.25) is 0 Å². The molecule has 72 valence electrons. The van der Waals surface area contributed by atoms with E-state index in [-0.39, 0.29) is 0 Å². The van der Waals surface area contributed by atoms with Crippen LogP contribution in [0.25, 0.3) is 0 Å². The third kappa shape index (κ3) is 11.1. The van der Waals surface area contributed by atoms with Crippen molar-refractivity contribution in [2.24, 2.45) is 5.92 Å². The van der Waals surface area contributed by atoms with Crippen molar-refractivity contribution in [1.29, 1.82) is 0 Å². The van der Waals surface area contributed by atoms with E-state index in [2.05, 4.69) is 44.5 Å². The molecule has 0 amide bonds. The van der Waals surface area contributed by atoms with E-state index in [1.807, 2.05) is 0 Å². The number of hydrogen-bond donors (Lipinski definition) is 0. The number of hydrogen-bond acceptors (Lipinski definition) is 0. The van der Waals surface area contributed by atoms with Crippen molar-refractivity contribution in [3.63, 3.8) is 0 Å². The monoisotopic (exact) mass is 176 g/mol. The van der Waals surface area contributed by atoms with Crippen LogP contribution in [0.1, 0.15) is 52.9 Å². The zero-order valence-corrected chi connectivity index (χ0v) is 9.11. The van der Waals surface area contributed by atoms with E-state index >= 15 is 0 Å². The molecule has 0 aliphatic rings. The maximum Gasteiger partial charge on any atom is 0.0156 e. The van der Waals surface area contributed by atoms with E-state index in [0.29, 0.717) is 5.92 Å². The summed E-state index contributed by atoms with van der Waals surface area (Å²) in [6.07, 6.45) is 6.17. The number of rotatable bonds is 4. The Kier molecular flexibility index (Phi) is 8.59. The lowest BCUT2D eigenvalue weighted by Crippen LogP contribution is -1.76. The fraction of sp³-hybridized carbons (Fsp3) is 0.692. The van der Waals surface area contributed by atoms with Crippen LogP contribution in [0.2, 0.25) is 0 Å². The van der Waals surface area contributed by atoms with E-state index in [0.717, 1.165) is 6.42 Å². The first-order valence-corrected chi connectivity index (χ1v) is 5.25. The maximum atomic E-state index is 3.08. The molecule has 0 N–H and O–H groups in total. The van der Waals surface area contributed by atoms with Crippen LogP contribution >= 0.6 is 0 Å². The zero-order chi connectivity index (χ0) is 9.94. The van der Waals surface area contributed by atoms with Crippen LogP contribution in [0.3, 0.4) is 0 Å². The molecule has 0 aliphatic heterocycles. The van der Waals surface area contributed by atoms with Gasteiger partial charge in [-0.15, -0.1) is 0 Å². The molecule has 0 fully saturated rings. The number of unbranched alkanes of at least 4 members (excludes halogenated alkanes) is 4. The van der Waals surface area contributed by atoms with E-state index in [1.165, 1.54) is 25.7 Å². The summed E-state index contributed by atoms with van der Waals surface area (Å²) in [5.74, 6) is 12.3. The fourth-order valence-electron chi connectivity index (χ4n) is 0.927. The minimum atomic E-state index is 0.439. The second kappa shape index (κ2) is 9.21. The van der Waals surface area contributed by atoms with Gasteiger partial charge in [0.15, 0.2) is 0 Å². The molecule has 0 saturated carbocycles. The van der Waals surface area contributed by atoms with Crippen molar-refractivity contribution < 1.29 is 0 Å². The van der Waals surface area contributed by atoms with Gasteiger partial charge >= 0.3 is 0 Å². The summed E-state index contributed by atoms with van der Waals surface area (Å²) in [4.78, 5) is 0. The van der Waals surface area contributed by atoms with E-state index in [4.69, 9.17) is 0 Å². The third-order valence-electron chi connectivity index (χ3n) is 1.67. The van der Waals surface area contributed by atoms with Crippen LogP contribution in [0.5, 0.6) is 0 Å². The lowest BCUT2D eigenvalue weighted by molar-refractivity contribution is 0.680.